The van der Waals surface area contributed by atoms with Gasteiger partial charge in [-0.25, -0.2) is 4.79 Å². The summed E-state index contributed by atoms with van der Waals surface area (Å²) in [7, 11) is 0. The Hall–Kier alpha value is -1.82. The van der Waals surface area contributed by atoms with Crippen LogP contribution in [0, 0.1) is 0 Å². The second-order valence-electron chi connectivity index (χ2n) is 5.56. The van der Waals surface area contributed by atoms with E-state index in [1.807, 2.05) is 12.1 Å². The van der Waals surface area contributed by atoms with Crippen LogP contribution in [0.25, 0.3) is 0 Å². The Labute approximate surface area is 133 Å². The quantitative estimate of drug-likeness (QED) is 0.593. The molecular weight excluding hydrogens is 309 g/mol. The summed E-state index contributed by atoms with van der Waals surface area (Å²) in [6.45, 7) is 3.65. The molecule has 0 aliphatic heterocycles. The van der Waals surface area contributed by atoms with Crippen LogP contribution in [0.1, 0.15) is 41.6 Å². The van der Waals surface area contributed by atoms with E-state index in [-0.39, 0.29) is 18.9 Å². The van der Waals surface area contributed by atoms with E-state index in [1.54, 1.807) is 18.2 Å². The number of ether oxygens (including phenoxy) is 2. The molecule has 0 spiro atoms. The SMILES string of the molecule is C=CCc1ccc(C(=O)OC2CCC(OC(F)(F)F)CC2)cc1. The maximum absolute atomic E-state index is 12.1. The van der Waals surface area contributed by atoms with Crippen molar-refractivity contribution in [1.29, 1.82) is 0 Å². The van der Waals surface area contributed by atoms with E-state index < -0.39 is 18.4 Å². The first kappa shape index (κ1) is 17.5. The van der Waals surface area contributed by atoms with Gasteiger partial charge in [0.25, 0.3) is 0 Å². The number of carbonyl (C=O) groups excluding carboxylic acids is 1. The second kappa shape index (κ2) is 7.64. The highest BCUT2D eigenvalue weighted by molar-refractivity contribution is 5.89. The standard InChI is InChI=1S/C17H19F3O3/c1-2-3-12-4-6-13(7-5-12)16(21)22-14-8-10-15(11-9-14)23-17(18,19)20/h2,4-7,14-15H,1,3,8-11H2. The first-order valence-electron chi connectivity index (χ1n) is 7.53. The van der Waals surface area contributed by atoms with E-state index in [9.17, 15) is 18.0 Å². The largest absolute Gasteiger partial charge is 0.522 e. The van der Waals surface area contributed by atoms with Crippen molar-refractivity contribution in [2.45, 2.75) is 50.7 Å². The van der Waals surface area contributed by atoms with Crippen molar-refractivity contribution in [2.24, 2.45) is 0 Å². The van der Waals surface area contributed by atoms with Gasteiger partial charge in [-0.15, -0.1) is 19.8 Å². The summed E-state index contributed by atoms with van der Waals surface area (Å²) in [6, 6.07) is 7.01. The Balaban J connectivity index is 1.81. The van der Waals surface area contributed by atoms with E-state index >= 15 is 0 Å². The molecule has 1 aromatic rings. The van der Waals surface area contributed by atoms with Crippen LogP contribution >= 0.6 is 0 Å². The van der Waals surface area contributed by atoms with Gasteiger partial charge in [0, 0.05) is 0 Å². The third kappa shape index (κ3) is 5.71. The number of hydrogen-bond acceptors (Lipinski definition) is 3. The van der Waals surface area contributed by atoms with Crippen LogP contribution in [0.5, 0.6) is 0 Å². The lowest BCUT2D eigenvalue weighted by Gasteiger charge is -2.28. The molecule has 0 aromatic heterocycles. The Morgan fingerprint density at radius 2 is 1.70 bits per heavy atom. The topological polar surface area (TPSA) is 35.5 Å². The third-order valence-electron chi connectivity index (χ3n) is 3.76. The maximum atomic E-state index is 12.1. The van der Waals surface area contributed by atoms with Gasteiger partial charge in [-0.05, 0) is 49.8 Å². The number of esters is 1. The zero-order chi connectivity index (χ0) is 16.9. The molecule has 0 bridgehead atoms. The van der Waals surface area contributed by atoms with Crippen molar-refractivity contribution >= 4 is 5.97 Å². The van der Waals surface area contributed by atoms with Gasteiger partial charge in [-0.2, -0.15) is 0 Å². The van der Waals surface area contributed by atoms with Crippen molar-refractivity contribution in [3.8, 4) is 0 Å². The number of rotatable bonds is 5. The Morgan fingerprint density at radius 1 is 1.13 bits per heavy atom. The number of allylic oxidation sites excluding steroid dienone is 1. The molecule has 23 heavy (non-hydrogen) atoms. The Kier molecular flexibility index (Phi) is 5.82. The number of hydrogen-bond donors (Lipinski definition) is 0. The predicted octanol–water partition coefficient (Wildman–Crippen LogP) is 4.42. The lowest BCUT2D eigenvalue weighted by molar-refractivity contribution is -0.346. The minimum Gasteiger partial charge on any atom is -0.459 e. The molecule has 0 saturated heterocycles. The molecule has 0 radical (unpaired) electrons. The van der Waals surface area contributed by atoms with Crippen LogP contribution in [0.3, 0.4) is 0 Å². The normalized spacial score (nSPS) is 21.7. The summed E-state index contributed by atoms with van der Waals surface area (Å²) in [5, 5.41) is 0. The van der Waals surface area contributed by atoms with Crippen molar-refractivity contribution in [2.75, 3.05) is 0 Å². The average molecular weight is 328 g/mol. The summed E-state index contributed by atoms with van der Waals surface area (Å²) in [5.74, 6) is -0.449. The molecule has 0 amide bonds. The summed E-state index contributed by atoms with van der Waals surface area (Å²) in [4.78, 5) is 12.0. The molecule has 1 aromatic carbocycles. The fourth-order valence-electron chi connectivity index (χ4n) is 2.62. The van der Waals surface area contributed by atoms with Crippen molar-refractivity contribution in [1.82, 2.24) is 0 Å². The van der Waals surface area contributed by atoms with Crippen LogP contribution in [0.2, 0.25) is 0 Å². The molecular formula is C17H19F3O3. The van der Waals surface area contributed by atoms with Crippen molar-refractivity contribution < 1.29 is 27.4 Å². The van der Waals surface area contributed by atoms with Gasteiger partial charge in [0.05, 0.1) is 11.7 Å². The van der Waals surface area contributed by atoms with E-state index in [0.29, 0.717) is 18.4 Å². The molecule has 1 saturated carbocycles. The molecule has 0 N–H and O–H groups in total. The van der Waals surface area contributed by atoms with E-state index in [0.717, 1.165) is 12.0 Å². The zero-order valence-corrected chi connectivity index (χ0v) is 12.6. The van der Waals surface area contributed by atoms with E-state index in [2.05, 4.69) is 11.3 Å². The number of carbonyl (C=O) groups is 1. The van der Waals surface area contributed by atoms with E-state index in [1.165, 1.54) is 0 Å². The molecule has 2 rings (SSSR count). The minimum absolute atomic E-state index is 0.232. The van der Waals surface area contributed by atoms with Gasteiger partial charge in [0.2, 0.25) is 0 Å². The molecule has 3 nitrogen and oxygen atoms in total. The monoisotopic (exact) mass is 328 g/mol. The first-order valence-corrected chi connectivity index (χ1v) is 7.53. The maximum Gasteiger partial charge on any atom is 0.522 e. The molecule has 0 unspecified atom stereocenters. The van der Waals surface area contributed by atoms with Crippen LogP contribution in [0.15, 0.2) is 36.9 Å². The van der Waals surface area contributed by atoms with Crippen LogP contribution in [-0.4, -0.2) is 24.5 Å². The highest BCUT2D eigenvalue weighted by Crippen LogP contribution is 2.29. The van der Waals surface area contributed by atoms with E-state index in [4.69, 9.17) is 4.74 Å². The molecule has 1 aliphatic carbocycles. The Morgan fingerprint density at radius 3 is 2.22 bits per heavy atom. The smallest absolute Gasteiger partial charge is 0.459 e. The lowest BCUT2D eigenvalue weighted by atomic mass is 9.95. The second-order valence-corrected chi connectivity index (χ2v) is 5.56. The van der Waals surface area contributed by atoms with Crippen LogP contribution in [-0.2, 0) is 15.9 Å². The fraction of sp³-hybridized carbons (Fsp3) is 0.471. The summed E-state index contributed by atoms with van der Waals surface area (Å²) in [6.07, 6.45) is -2.10. The number of alkyl halides is 3. The molecule has 126 valence electrons. The highest BCUT2D eigenvalue weighted by Gasteiger charge is 2.36. The lowest BCUT2D eigenvalue weighted by Crippen LogP contribution is -2.31. The average Bonchev–Trinajstić information content (AvgIpc) is 2.49. The predicted molar refractivity (Wildman–Crippen MR) is 78.9 cm³/mol. The van der Waals surface area contributed by atoms with Gasteiger partial charge >= 0.3 is 12.3 Å². The molecule has 0 heterocycles. The number of benzene rings is 1. The fourth-order valence-corrected chi connectivity index (χ4v) is 2.62. The summed E-state index contributed by atoms with van der Waals surface area (Å²) >= 11 is 0. The van der Waals surface area contributed by atoms with Crippen molar-refractivity contribution in [3.05, 3.63) is 48.0 Å². The minimum atomic E-state index is -4.61. The first-order chi connectivity index (χ1) is 10.9. The molecule has 1 fully saturated rings. The van der Waals surface area contributed by atoms with Gasteiger partial charge in [0.15, 0.2) is 0 Å². The summed E-state index contributed by atoms with van der Waals surface area (Å²) < 4.78 is 45.8. The Bertz CT molecular complexity index is 529. The van der Waals surface area contributed by atoms with Gasteiger partial charge in [-0.1, -0.05) is 18.2 Å². The summed E-state index contributed by atoms with van der Waals surface area (Å²) in [5.41, 5.74) is 1.48. The third-order valence-corrected chi connectivity index (χ3v) is 3.76. The molecule has 1 aliphatic rings. The number of halogens is 3. The van der Waals surface area contributed by atoms with Gasteiger partial charge in [0.1, 0.15) is 6.10 Å². The van der Waals surface area contributed by atoms with Gasteiger partial charge < -0.3 is 4.74 Å². The highest BCUT2D eigenvalue weighted by atomic mass is 19.4. The molecule has 6 heteroatoms. The van der Waals surface area contributed by atoms with Crippen LogP contribution in [0.4, 0.5) is 13.2 Å². The molecule has 0 atom stereocenters. The van der Waals surface area contributed by atoms with Gasteiger partial charge in [-0.3, -0.25) is 4.74 Å². The zero-order valence-electron chi connectivity index (χ0n) is 12.6. The van der Waals surface area contributed by atoms with Crippen molar-refractivity contribution in [3.63, 3.8) is 0 Å². The van der Waals surface area contributed by atoms with Crippen LogP contribution < -0.4 is 0 Å².